The van der Waals surface area contributed by atoms with Crippen molar-refractivity contribution in [2.75, 3.05) is 13.6 Å². The Morgan fingerprint density at radius 1 is 1.38 bits per heavy atom. The number of hydrogen-bond donors (Lipinski definition) is 1. The van der Waals surface area contributed by atoms with Crippen LogP contribution in [-0.4, -0.2) is 29.6 Å². The number of benzene rings is 1. The van der Waals surface area contributed by atoms with Crippen LogP contribution in [0.3, 0.4) is 0 Å². The Balaban J connectivity index is 2.02. The van der Waals surface area contributed by atoms with Gasteiger partial charge in [0.25, 0.3) is 5.91 Å². The molecule has 1 aromatic carbocycles. The molecule has 0 fully saturated rings. The maximum atomic E-state index is 12.1. The normalized spacial score (nSPS) is 9.86. The standard InChI is InChI=1S/C16H17N3O2/c1-12-10-15(21-18-12)16(20)19(2)11-14-7-5-13(6-8-14)4-3-9-17/h5-8,10H,9,11,17H2,1-2H3. The third kappa shape index (κ3) is 3.94. The van der Waals surface area contributed by atoms with Crippen LogP contribution in [0.5, 0.6) is 0 Å². The first kappa shape index (κ1) is 14.8. The molecule has 0 saturated heterocycles. The van der Waals surface area contributed by atoms with Gasteiger partial charge in [0.15, 0.2) is 0 Å². The van der Waals surface area contributed by atoms with Gasteiger partial charge in [-0.1, -0.05) is 29.1 Å². The molecule has 1 heterocycles. The van der Waals surface area contributed by atoms with Crippen molar-refractivity contribution in [3.63, 3.8) is 0 Å². The number of aryl methyl sites for hydroxylation is 1. The molecular weight excluding hydrogens is 266 g/mol. The van der Waals surface area contributed by atoms with Crippen LogP contribution in [0.25, 0.3) is 0 Å². The lowest BCUT2D eigenvalue weighted by Gasteiger charge is -2.15. The van der Waals surface area contributed by atoms with Gasteiger partial charge >= 0.3 is 0 Å². The molecule has 0 aliphatic carbocycles. The van der Waals surface area contributed by atoms with E-state index in [9.17, 15) is 4.79 Å². The zero-order valence-corrected chi connectivity index (χ0v) is 12.1. The molecule has 0 atom stereocenters. The fourth-order valence-electron chi connectivity index (χ4n) is 1.84. The van der Waals surface area contributed by atoms with Crippen molar-refractivity contribution in [3.05, 3.63) is 52.9 Å². The zero-order valence-electron chi connectivity index (χ0n) is 12.1. The van der Waals surface area contributed by atoms with Crippen LogP contribution in [0.4, 0.5) is 0 Å². The van der Waals surface area contributed by atoms with Crippen LogP contribution in [-0.2, 0) is 6.54 Å². The minimum absolute atomic E-state index is 0.192. The molecule has 108 valence electrons. The van der Waals surface area contributed by atoms with E-state index in [-0.39, 0.29) is 11.7 Å². The van der Waals surface area contributed by atoms with E-state index in [1.54, 1.807) is 24.9 Å². The van der Waals surface area contributed by atoms with Gasteiger partial charge in [0, 0.05) is 25.2 Å². The minimum Gasteiger partial charge on any atom is -0.351 e. The van der Waals surface area contributed by atoms with Crippen LogP contribution in [0.2, 0.25) is 0 Å². The molecule has 2 aromatic rings. The molecule has 2 N–H and O–H groups in total. The van der Waals surface area contributed by atoms with E-state index in [4.69, 9.17) is 10.3 Å². The first-order valence-corrected chi connectivity index (χ1v) is 6.57. The maximum absolute atomic E-state index is 12.1. The highest BCUT2D eigenvalue weighted by Gasteiger charge is 2.16. The number of aromatic nitrogens is 1. The average Bonchev–Trinajstić information content (AvgIpc) is 2.92. The van der Waals surface area contributed by atoms with Crippen LogP contribution < -0.4 is 5.73 Å². The number of nitrogens with zero attached hydrogens (tertiary/aromatic N) is 2. The Morgan fingerprint density at radius 3 is 2.67 bits per heavy atom. The Morgan fingerprint density at radius 2 is 2.10 bits per heavy atom. The molecule has 1 aromatic heterocycles. The second kappa shape index (κ2) is 6.73. The fourth-order valence-corrected chi connectivity index (χ4v) is 1.84. The molecular formula is C16H17N3O2. The van der Waals surface area contributed by atoms with Crippen LogP contribution in [0.15, 0.2) is 34.9 Å². The quantitative estimate of drug-likeness (QED) is 0.868. The Bertz CT molecular complexity index is 678. The highest BCUT2D eigenvalue weighted by molar-refractivity contribution is 5.91. The van der Waals surface area contributed by atoms with Gasteiger partial charge in [-0.25, -0.2) is 0 Å². The lowest BCUT2D eigenvalue weighted by Crippen LogP contribution is -2.25. The summed E-state index contributed by atoms with van der Waals surface area (Å²) >= 11 is 0. The van der Waals surface area contributed by atoms with Gasteiger partial charge in [0.05, 0.1) is 12.2 Å². The zero-order chi connectivity index (χ0) is 15.2. The molecule has 0 spiro atoms. The highest BCUT2D eigenvalue weighted by atomic mass is 16.5. The molecule has 5 nitrogen and oxygen atoms in total. The molecule has 5 heteroatoms. The van der Waals surface area contributed by atoms with Gasteiger partial charge in [-0.3, -0.25) is 4.79 Å². The topological polar surface area (TPSA) is 72.4 Å². The smallest absolute Gasteiger partial charge is 0.292 e. The Hall–Kier alpha value is -2.58. The lowest BCUT2D eigenvalue weighted by molar-refractivity contribution is 0.0743. The average molecular weight is 283 g/mol. The van der Waals surface area contributed by atoms with Crippen LogP contribution in [0, 0.1) is 18.8 Å². The van der Waals surface area contributed by atoms with E-state index in [1.165, 1.54) is 0 Å². The lowest BCUT2D eigenvalue weighted by atomic mass is 10.1. The minimum atomic E-state index is -0.192. The number of amides is 1. The molecule has 0 saturated carbocycles. The Kier molecular flexibility index (Phi) is 4.75. The summed E-state index contributed by atoms with van der Waals surface area (Å²) in [6.45, 7) is 2.61. The van der Waals surface area contributed by atoms with Crippen molar-refractivity contribution in [1.29, 1.82) is 0 Å². The predicted octanol–water partition coefficient (Wildman–Crippen LogP) is 1.57. The largest absolute Gasteiger partial charge is 0.351 e. The van der Waals surface area contributed by atoms with Gasteiger partial charge in [0.2, 0.25) is 5.76 Å². The highest BCUT2D eigenvalue weighted by Crippen LogP contribution is 2.10. The van der Waals surface area contributed by atoms with E-state index in [2.05, 4.69) is 17.0 Å². The Labute approximate surface area is 123 Å². The van der Waals surface area contributed by atoms with Crippen molar-refractivity contribution in [2.45, 2.75) is 13.5 Å². The van der Waals surface area contributed by atoms with Crippen molar-refractivity contribution >= 4 is 5.91 Å². The first-order valence-electron chi connectivity index (χ1n) is 6.57. The number of hydrogen-bond acceptors (Lipinski definition) is 4. The van der Waals surface area contributed by atoms with E-state index in [0.717, 1.165) is 11.1 Å². The number of nitrogens with two attached hydrogens (primary N) is 1. The summed E-state index contributed by atoms with van der Waals surface area (Å²) in [5.74, 6) is 5.82. The summed E-state index contributed by atoms with van der Waals surface area (Å²) in [6.07, 6.45) is 0. The number of rotatable bonds is 3. The van der Waals surface area contributed by atoms with Gasteiger partial charge in [0.1, 0.15) is 0 Å². The first-order chi connectivity index (χ1) is 10.1. The van der Waals surface area contributed by atoms with Gasteiger partial charge in [-0.15, -0.1) is 0 Å². The van der Waals surface area contributed by atoms with E-state index in [1.807, 2.05) is 24.3 Å². The van der Waals surface area contributed by atoms with Gasteiger partial charge in [-0.05, 0) is 24.6 Å². The number of carbonyl (C=O) groups excluding carboxylic acids is 1. The molecule has 0 bridgehead atoms. The summed E-state index contributed by atoms with van der Waals surface area (Å²) in [6, 6.07) is 9.33. The molecule has 0 aliphatic heterocycles. The van der Waals surface area contributed by atoms with Crippen molar-refractivity contribution < 1.29 is 9.32 Å². The predicted molar refractivity (Wildman–Crippen MR) is 79.4 cm³/mol. The third-order valence-electron chi connectivity index (χ3n) is 2.89. The summed E-state index contributed by atoms with van der Waals surface area (Å²) in [7, 11) is 1.72. The van der Waals surface area contributed by atoms with Gasteiger partial charge in [-0.2, -0.15) is 0 Å². The third-order valence-corrected chi connectivity index (χ3v) is 2.89. The summed E-state index contributed by atoms with van der Waals surface area (Å²) < 4.78 is 4.98. The van der Waals surface area contributed by atoms with Crippen molar-refractivity contribution in [1.82, 2.24) is 10.1 Å². The van der Waals surface area contributed by atoms with Crippen molar-refractivity contribution in [3.8, 4) is 11.8 Å². The van der Waals surface area contributed by atoms with Gasteiger partial charge < -0.3 is 15.2 Å². The molecule has 0 aliphatic rings. The molecule has 21 heavy (non-hydrogen) atoms. The second-order valence-electron chi connectivity index (χ2n) is 4.70. The molecule has 0 radical (unpaired) electrons. The summed E-state index contributed by atoms with van der Waals surface area (Å²) in [5.41, 5.74) is 7.94. The molecule has 0 unspecified atom stereocenters. The molecule has 2 rings (SSSR count). The van der Waals surface area contributed by atoms with E-state index in [0.29, 0.717) is 18.8 Å². The van der Waals surface area contributed by atoms with E-state index >= 15 is 0 Å². The van der Waals surface area contributed by atoms with Crippen molar-refractivity contribution in [2.24, 2.45) is 5.73 Å². The second-order valence-corrected chi connectivity index (χ2v) is 4.70. The summed E-state index contributed by atoms with van der Waals surface area (Å²) in [4.78, 5) is 13.7. The van der Waals surface area contributed by atoms with E-state index < -0.39 is 0 Å². The van der Waals surface area contributed by atoms with Crippen LogP contribution >= 0.6 is 0 Å². The number of carbonyl (C=O) groups is 1. The fraction of sp³-hybridized carbons (Fsp3) is 0.250. The SMILES string of the molecule is Cc1cc(C(=O)N(C)Cc2ccc(C#CCN)cc2)on1. The monoisotopic (exact) mass is 283 g/mol. The maximum Gasteiger partial charge on any atom is 0.292 e. The summed E-state index contributed by atoms with van der Waals surface area (Å²) in [5, 5.41) is 3.72. The molecule has 1 amide bonds. The van der Waals surface area contributed by atoms with Crippen LogP contribution in [0.1, 0.15) is 27.4 Å².